The number of fused-ring (bicyclic) bond motifs is 1. The van der Waals surface area contributed by atoms with E-state index in [0.29, 0.717) is 41.5 Å². The molecule has 1 saturated carbocycles. The van der Waals surface area contributed by atoms with Crippen LogP contribution in [0.1, 0.15) is 86.7 Å². The van der Waals surface area contributed by atoms with E-state index >= 15 is 0 Å². The number of aromatic nitrogens is 6. The average molecular weight is 929 g/mol. The molecular weight excluding hydrogens is 864 g/mol. The highest BCUT2D eigenvalue weighted by Gasteiger charge is 2.27. The van der Waals surface area contributed by atoms with Gasteiger partial charge in [0.25, 0.3) is 5.56 Å². The Balaban J connectivity index is 0.648. The lowest BCUT2D eigenvalue weighted by atomic mass is 10.0. The minimum atomic E-state index is -0.274. The van der Waals surface area contributed by atoms with E-state index in [2.05, 4.69) is 66.5 Å². The molecule has 18 heteroatoms. The number of carbonyl (C=O) groups excluding carboxylic acids is 2. The number of piperazine rings is 2. The van der Waals surface area contributed by atoms with Gasteiger partial charge in [0, 0.05) is 107 Å². The van der Waals surface area contributed by atoms with Crippen LogP contribution in [0.15, 0.2) is 66.0 Å². The molecule has 0 unspecified atom stereocenters. The van der Waals surface area contributed by atoms with Crippen LogP contribution in [0.5, 0.6) is 0 Å². The number of aryl methyl sites for hydroxylation is 1. The van der Waals surface area contributed by atoms with E-state index < -0.39 is 0 Å². The first kappa shape index (κ1) is 46.8. The molecule has 4 fully saturated rings. The van der Waals surface area contributed by atoms with Gasteiger partial charge < -0.3 is 30.7 Å². The Morgan fingerprint density at radius 3 is 2.32 bits per heavy atom. The van der Waals surface area contributed by atoms with Crippen LogP contribution in [-0.2, 0) is 4.79 Å². The second-order valence-corrected chi connectivity index (χ2v) is 18.8. The largest absolute Gasteiger partial charge is 0.369 e. The summed E-state index contributed by atoms with van der Waals surface area (Å²) < 4.78 is 15.6. The van der Waals surface area contributed by atoms with E-state index in [9.17, 15) is 18.8 Å². The predicted molar refractivity (Wildman–Crippen MR) is 265 cm³/mol. The van der Waals surface area contributed by atoms with Crippen molar-refractivity contribution in [2.24, 2.45) is 0 Å². The molecule has 360 valence electrons. The van der Waals surface area contributed by atoms with Gasteiger partial charge in [0.1, 0.15) is 35.2 Å². The summed E-state index contributed by atoms with van der Waals surface area (Å²) >= 11 is 0. The molecule has 1 aliphatic carbocycles. The first-order valence-corrected chi connectivity index (χ1v) is 24.6. The van der Waals surface area contributed by atoms with E-state index in [1.165, 1.54) is 13.0 Å². The second kappa shape index (κ2) is 21.8. The van der Waals surface area contributed by atoms with Crippen molar-refractivity contribution in [3.8, 4) is 0 Å². The van der Waals surface area contributed by atoms with Crippen LogP contribution in [0.4, 0.5) is 39.2 Å². The Morgan fingerprint density at radius 2 is 1.56 bits per heavy atom. The maximum absolute atomic E-state index is 13.9. The number of unbranched alkanes of at least 4 members (excludes halogenated alkanes) is 2. The van der Waals surface area contributed by atoms with Crippen molar-refractivity contribution in [2.75, 3.05) is 110 Å². The van der Waals surface area contributed by atoms with Crippen LogP contribution < -0.4 is 36.2 Å². The summed E-state index contributed by atoms with van der Waals surface area (Å²) in [6.45, 7) is 14.1. The number of hydrogen-bond acceptors (Lipinski definition) is 15. The van der Waals surface area contributed by atoms with Gasteiger partial charge in [0.15, 0.2) is 5.78 Å². The number of nitrogens with zero attached hydrogens (tertiary/aromatic N) is 11. The lowest BCUT2D eigenvalue weighted by Gasteiger charge is -2.36. The summed E-state index contributed by atoms with van der Waals surface area (Å²) in [7, 11) is 0. The number of Topliss-reactive ketones (excluding diaryl/α,β-unsaturated/α-hetero) is 1. The zero-order valence-corrected chi connectivity index (χ0v) is 39.5. The third kappa shape index (κ3) is 11.3. The molecule has 4 aliphatic rings. The maximum atomic E-state index is 13.9. The SMILES string of the molecule is CC(=O)c1c(C)c2cnc(Nc3ccc(N4CCN(CC(=O)NCCCCCN5CCN(c6cc(N[C@@H]7CCCN(c8cccc(F)c8)C7)ncn6)CC5)CC4)cn3)nc2n(C2CCCC2)c1=O. The molecule has 5 aromatic rings. The van der Waals surface area contributed by atoms with Gasteiger partial charge in [0.2, 0.25) is 11.9 Å². The zero-order valence-electron chi connectivity index (χ0n) is 39.5. The Hall–Kier alpha value is -6.27. The topological polar surface area (TPSA) is 173 Å². The molecule has 1 atom stereocenters. The predicted octanol–water partition coefficient (Wildman–Crippen LogP) is 5.80. The highest BCUT2D eigenvalue weighted by Crippen LogP contribution is 2.32. The Labute approximate surface area is 397 Å². The summed E-state index contributed by atoms with van der Waals surface area (Å²) in [5, 5.41) is 10.7. The van der Waals surface area contributed by atoms with Crippen LogP contribution >= 0.6 is 0 Å². The first-order chi connectivity index (χ1) is 33.1. The van der Waals surface area contributed by atoms with E-state index in [4.69, 9.17) is 4.98 Å². The van der Waals surface area contributed by atoms with Gasteiger partial charge in [0.05, 0.1) is 24.0 Å². The quantitative estimate of drug-likeness (QED) is 0.0755. The highest BCUT2D eigenvalue weighted by molar-refractivity contribution is 5.99. The molecule has 3 aliphatic heterocycles. The summed E-state index contributed by atoms with van der Waals surface area (Å²) in [4.78, 5) is 73.6. The lowest BCUT2D eigenvalue weighted by Crippen LogP contribution is -2.49. The number of rotatable bonds is 17. The Bertz CT molecular complexity index is 2590. The summed E-state index contributed by atoms with van der Waals surface area (Å²) in [5.74, 6) is 2.33. The molecule has 9 rings (SSSR count). The van der Waals surface area contributed by atoms with Crippen molar-refractivity contribution in [1.29, 1.82) is 0 Å². The number of benzene rings is 1. The fraction of sp³-hybridized carbons (Fsp3) is 0.520. The van der Waals surface area contributed by atoms with Gasteiger partial charge in [-0.05, 0) is 94.8 Å². The smallest absolute Gasteiger partial charge is 0.263 e. The molecule has 0 spiro atoms. The third-order valence-corrected chi connectivity index (χ3v) is 14.1. The second-order valence-electron chi connectivity index (χ2n) is 18.8. The molecule has 0 bridgehead atoms. The van der Waals surface area contributed by atoms with Crippen molar-refractivity contribution in [1.82, 2.24) is 44.6 Å². The zero-order chi connectivity index (χ0) is 47.0. The van der Waals surface area contributed by atoms with Crippen molar-refractivity contribution in [3.05, 3.63) is 88.5 Å². The van der Waals surface area contributed by atoms with Crippen molar-refractivity contribution < 1.29 is 14.0 Å². The minimum Gasteiger partial charge on any atom is -0.369 e. The minimum absolute atomic E-state index is 0.00848. The first-order valence-electron chi connectivity index (χ1n) is 24.6. The molecule has 7 heterocycles. The van der Waals surface area contributed by atoms with Gasteiger partial charge in [-0.2, -0.15) is 4.98 Å². The standard InChI is InChI=1S/C50H65FN14O3/c1-35-42-31-54-50(59-48(42)65(39-12-4-5-13-39)49(68)47(35)36(2)66)58-43-16-15-41(30-53-43)62-24-22-61(23-25-62)33-46(67)52-17-6-3-7-18-60-20-26-63(27-21-60)45-29-44(55-34-56-45)57-38-11-9-19-64(32-38)40-14-8-10-37(51)28-40/h8,10,14-16,28-31,34,38-39H,3-7,9,11-13,17-27,32-33H2,1-2H3,(H,52,67)(H,55,56,57)(H,53,54,58,59)/t38-/m1/s1. The number of piperidine rings is 1. The van der Waals surface area contributed by atoms with Crippen LogP contribution in [-0.4, -0.2) is 142 Å². The molecule has 0 radical (unpaired) electrons. The van der Waals surface area contributed by atoms with Gasteiger partial charge in [-0.15, -0.1) is 0 Å². The van der Waals surface area contributed by atoms with Crippen LogP contribution in [0.25, 0.3) is 11.0 Å². The lowest BCUT2D eigenvalue weighted by molar-refractivity contribution is -0.122. The Kier molecular flexibility index (Phi) is 15.0. The van der Waals surface area contributed by atoms with Crippen molar-refractivity contribution in [3.63, 3.8) is 0 Å². The molecule has 1 aromatic carbocycles. The fourth-order valence-corrected chi connectivity index (χ4v) is 10.4. The molecule has 17 nitrogen and oxygen atoms in total. The van der Waals surface area contributed by atoms with Crippen LogP contribution in [0.2, 0.25) is 0 Å². The number of carbonyl (C=O) groups is 2. The van der Waals surface area contributed by atoms with E-state index in [1.54, 1.807) is 36.1 Å². The van der Waals surface area contributed by atoms with Gasteiger partial charge in [-0.1, -0.05) is 25.3 Å². The van der Waals surface area contributed by atoms with E-state index in [-0.39, 0.29) is 40.7 Å². The molecule has 68 heavy (non-hydrogen) atoms. The van der Waals surface area contributed by atoms with Gasteiger partial charge in [-0.25, -0.2) is 24.3 Å². The number of amides is 1. The monoisotopic (exact) mass is 929 g/mol. The number of hydrogen-bond donors (Lipinski definition) is 3. The number of nitrogens with one attached hydrogen (secondary N) is 3. The molecule has 3 N–H and O–H groups in total. The molecule has 1 amide bonds. The highest BCUT2D eigenvalue weighted by atomic mass is 19.1. The number of anilines is 6. The average Bonchev–Trinajstić information content (AvgIpc) is 3.88. The van der Waals surface area contributed by atoms with Gasteiger partial charge in [-0.3, -0.25) is 28.8 Å². The summed E-state index contributed by atoms with van der Waals surface area (Å²) in [6, 6.07) is 13.0. The number of pyridine rings is 2. The van der Waals surface area contributed by atoms with Crippen LogP contribution in [0.3, 0.4) is 0 Å². The summed E-state index contributed by atoms with van der Waals surface area (Å²) in [5.41, 5.74) is 3.02. The fourth-order valence-electron chi connectivity index (χ4n) is 10.4. The van der Waals surface area contributed by atoms with Gasteiger partial charge >= 0.3 is 0 Å². The van der Waals surface area contributed by atoms with Crippen molar-refractivity contribution >= 4 is 57.5 Å². The van der Waals surface area contributed by atoms with Crippen molar-refractivity contribution in [2.45, 2.75) is 83.7 Å². The van der Waals surface area contributed by atoms with E-state index in [0.717, 1.165) is 153 Å². The maximum Gasteiger partial charge on any atom is 0.263 e. The normalized spacial score (nSPS) is 18.6. The molecule has 4 aromatic heterocycles. The third-order valence-electron chi connectivity index (χ3n) is 14.1. The molecular formula is C50H65FN14O3. The van der Waals surface area contributed by atoms with Crippen LogP contribution in [0, 0.1) is 12.7 Å². The summed E-state index contributed by atoms with van der Waals surface area (Å²) in [6.07, 6.45) is 14.2. The number of halogens is 1. The molecule has 3 saturated heterocycles. The number of ketones is 1. The Morgan fingerprint density at radius 1 is 0.765 bits per heavy atom. The van der Waals surface area contributed by atoms with E-state index in [1.807, 2.05) is 24.4 Å².